The fraction of sp³-hybridized carbons (Fsp3) is 0.200. The van der Waals surface area contributed by atoms with E-state index in [-0.39, 0.29) is 17.2 Å². The molecule has 1 amide bonds. The number of nitrogens with zero attached hydrogens (tertiary/aromatic N) is 2. The summed E-state index contributed by atoms with van der Waals surface area (Å²) < 4.78 is 0. The highest BCUT2D eigenvalue weighted by atomic mass is 35.5. The molecule has 0 atom stereocenters. The second-order valence-corrected chi connectivity index (χ2v) is 4.90. The van der Waals surface area contributed by atoms with Gasteiger partial charge in [0.2, 0.25) is 0 Å². The smallest absolute Gasteiger partial charge is 0.257 e. The minimum atomic E-state index is -0.241. The molecule has 0 aliphatic heterocycles. The van der Waals surface area contributed by atoms with Crippen LogP contribution in [-0.4, -0.2) is 34.5 Å². The lowest BCUT2D eigenvalue weighted by Crippen LogP contribution is -2.29. The van der Waals surface area contributed by atoms with E-state index >= 15 is 0 Å². The number of aromatic hydroxyl groups is 1. The van der Waals surface area contributed by atoms with Crippen molar-refractivity contribution < 1.29 is 9.90 Å². The zero-order valence-corrected chi connectivity index (χ0v) is 11.8. The molecule has 1 aromatic carbocycles. The minimum Gasteiger partial charge on any atom is -0.507 e. The van der Waals surface area contributed by atoms with Crippen molar-refractivity contribution in [1.82, 2.24) is 9.88 Å². The van der Waals surface area contributed by atoms with Gasteiger partial charge in [-0.15, -0.1) is 0 Å². The van der Waals surface area contributed by atoms with Gasteiger partial charge in [0.15, 0.2) is 0 Å². The van der Waals surface area contributed by atoms with Crippen LogP contribution in [0.1, 0.15) is 16.1 Å². The molecule has 1 N–H and O–H groups in total. The molecule has 4 nitrogen and oxygen atoms in total. The number of halogens is 1. The number of hydrogen-bond acceptors (Lipinski definition) is 3. The van der Waals surface area contributed by atoms with E-state index in [9.17, 15) is 9.90 Å². The second kappa shape index (κ2) is 6.39. The summed E-state index contributed by atoms with van der Waals surface area (Å²) in [5, 5.41) is 10.1. The minimum absolute atomic E-state index is 0.104. The van der Waals surface area contributed by atoms with Gasteiger partial charge in [-0.05, 0) is 30.3 Å². The normalized spacial score (nSPS) is 10.3. The quantitative estimate of drug-likeness (QED) is 0.942. The molecule has 5 heteroatoms. The second-order valence-electron chi connectivity index (χ2n) is 4.46. The van der Waals surface area contributed by atoms with Crippen molar-refractivity contribution in [2.75, 3.05) is 13.6 Å². The third kappa shape index (κ3) is 3.48. The van der Waals surface area contributed by atoms with E-state index in [0.717, 1.165) is 5.69 Å². The summed E-state index contributed by atoms with van der Waals surface area (Å²) in [7, 11) is 1.69. The number of rotatable bonds is 4. The van der Waals surface area contributed by atoms with E-state index < -0.39 is 0 Å². The predicted molar refractivity (Wildman–Crippen MR) is 78.0 cm³/mol. The highest BCUT2D eigenvalue weighted by molar-refractivity contribution is 6.30. The lowest BCUT2D eigenvalue weighted by atomic mass is 10.1. The summed E-state index contributed by atoms with van der Waals surface area (Å²) in [5.41, 5.74) is 1.17. The van der Waals surface area contributed by atoms with E-state index in [2.05, 4.69) is 4.98 Å². The first-order valence-electron chi connectivity index (χ1n) is 6.22. The standard InChI is InChI=1S/C15H15ClN2O2/c1-18(9-7-12-4-2-3-8-17-12)15(20)13-6-5-11(16)10-14(13)19/h2-6,8,10,19H,7,9H2,1H3. The van der Waals surface area contributed by atoms with Gasteiger partial charge in [-0.3, -0.25) is 9.78 Å². The number of hydrogen-bond donors (Lipinski definition) is 1. The van der Waals surface area contributed by atoms with Gasteiger partial charge in [-0.1, -0.05) is 17.7 Å². The number of phenolic OH excluding ortho intramolecular Hbond substituents is 1. The van der Waals surface area contributed by atoms with Gasteiger partial charge >= 0.3 is 0 Å². The Labute approximate surface area is 122 Å². The third-order valence-corrected chi connectivity index (χ3v) is 3.20. The molecule has 0 saturated carbocycles. The van der Waals surface area contributed by atoms with Crippen LogP contribution >= 0.6 is 11.6 Å². The van der Waals surface area contributed by atoms with Crippen molar-refractivity contribution in [2.24, 2.45) is 0 Å². The van der Waals surface area contributed by atoms with Crippen molar-refractivity contribution in [1.29, 1.82) is 0 Å². The van der Waals surface area contributed by atoms with Crippen LogP contribution in [0.15, 0.2) is 42.6 Å². The average molecular weight is 291 g/mol. The molecule has 1 aromatic heterocycles. The van der Waals surface area contributed by atoms with Crippen molar-refractivity contribution in [3.05, 3.63) is 58.9 Å². The molecule has 1 heterocycles. The molecule has 0 fully saturated rings. The topological polar surface area (TPSA) is 53.4 Å². The Morgan fingerprint density at radius 3 is 2.80 bits per heavy atom. The van der Waals surface area contributed by atoms with E-state index in [1.165, 1.54) is 12.1 Å². The van der Waals surface area contributed by atoms with Crippen LogP contribution in [0.2, 0.25) is 5.02 Å². The number of phenols is 1. The van der Waals surface area contributed by atoms with E-state index in [1.54, 1.807) is 24.2 Å². The molecule has 0 aliphatic rings. The highest BCUT2D eigenvalue weighted by Gasteiger charge is 2.15. The first kappa shape index (κ1) is 14.3. The number of aromatic nitrogens is 1. The van der Waals surface area contributed by atoms with E-state index in [4.69, 9.17) is 11.6 Å². The van der Waals surface area contributed by atoms with Crippen LogP contribution < -0.4 is 0 Å². The Morgan fingerprint density at radius 1 is 1.35 bits per heavy atom. The monoisotopic (exact) mass is 290 g/mol. The molecule has 0 radical (unpaired) electrons. The molecule has 0 saturated heterocycles. The van der Waals surface area contributed by atoms with Crippen LogP contribution in [0.4, 0.5) is 0 Å². The summed E-state index contributed by atoms with van der Waals surface area (Å²) in [6.45, 7) is 0.526. The van der Waals surface area contributed by atoms with Gasteiger partial charge in [0.25, 0.3) is 5.91 Å². The summed E-state index contributed by atoms with van der Waals surface area (Å²) in [6.07, 6.45) is 2.39. The van der Waals surface area contributed by atoms with Crippen LogP contribution in [0.3, 0.4) is 0 Å². The summed E-state index contributed by atoms with van der Waals surface area (Å²) in [5.74, 6) is -0.345. The van der Waals surface area contributed by atoms with Crippen LogP contribution in [0, 0.1) is 0 Å². The summed E-state index contributed by atoms with van der Waals surface area (Å²) >= 11 is 5.75. The SMILES string of the molecule is CN(CCc1ccccn1)C(=O)c1ccc(Cl)cc1O. The third-order valence-electron chi connectivity index (χ3n) is 2.97. The van der Waals surface area contributed by atoms with Crippen molar-refractivity contribution in [3.8, 4) is 5.75 Å². The number of benzene rings is 1. The van der Waals surface area contributed by atoms with Crippen LogP contribution in [-0.2, 0) is 6.42 Å². The fourth-order valence-corrected chi connectivity index (χ4v) is 1.99. The van der Waals surface area contributed by atoms with Gasteiger partial charge < -0.3 is 10.0 Å². The lowest BCUT2D eigenvalue weighted by molar-refractivity contribution is 0.0793. The number of pyridine rings is 1. The molecule has 104 valence electrons. The maximum atomic E-state index is 12.2. The van der Waals surface area contributed by atoms with E-state index in [0.29, 0.717) is 18.0 Å². The molecule has 0 spiro atoms. The lowest BCUT2D eigenvalue weighted by Gasteiger charge is -2.17. The average Bonchev–Trinajstić information content (AvgIpc) is 2.45. The fourth-order valence-electron chi connectivity index (χ4n) is 1.82. The van der Waals surface area contributed by atoms with E-state index in [1.807, 2.05) is 18.2 Å². The molecule has 20 heavy (non-hydrogen) atoms. The van der Waals surface area contributed by atoms with Crippen molar-refractivity contribution >= 4 is 17.5 Å². The maximum Gasteiger partial charge on any atom is 0.257 e. The largest absolute Gasteiger partial charge is 0.507 e. The van der Waals surface area contributed by atoms with Gasteiger partial charge in [0.1, 0.15) is 5.75 Å². The summed E-state index contributed by atoms with van der Waals surface area (Å²) in [6, 6.07) is 10.1. The molecular formula is C15H15ClN2O2. The Kier molecular flexibility index (Phi) is 4.58. The number of carbonyl (C=O) groups is 1. The van der Waals surface area contributed by atoms with Crippen molar-refractivity contribution in [3.63, 3.8) is 0 Å². The van der Waals surface area contributed by atoms with Gasteiger partial charge in [0.05, 0.1) is 5.56 Å². The number of carbonyl (C=O) groups excluding carboxylic acids is 1. The first-order chi connectivity index (χ1) is 9.58. The van der Waals surface area contributed by atoms with Gasteiger partial charge in [-0.2, -0.15) is 0 Å². The number of amides is 1. The number of likely N-dealkylation sites (N-methyl/N-ethyl adjacent to an activating group) is 1. The van der Waals surface area contributed by atoms with Crippen LogP contribution in [0.5, 0.6) is 5.75 Å². The molecule has 0 bridgehead atoms. The summed E-state index contributed by atoms with van der Waals surface area (Å²) in [4.78, 5) is 18.0. The zero-order valence-electron chi connectivity index (χ0n) is 11.1. The first-order valence-corrected chi connectivity index (χ1v) is 6.59. The van der Waals surface area contributed by atoms with Gasteiger partial charge in [-0.25, -0.2) is 0 Å². The molecule has 2 aromatic rings. The molecule has 0 unspecified atom stereocenters. The zero-order chi connectivity index (χ0) is 14.5. The predicted octanol–water partition coefficient (Wildman–Crippen LogP) is 2.76. The van der Waals surface area contributed by atoms with Crippen LogP contribution in [0.25, 0.3) is 0 Å². The van der Waals surface area contributed by atoms with Crippen molar-refractivity contribution in [2.45, 2.75) is 6.42 Å². The molecule has 0 aliphatic carbocycles. The van der Waals surface area contributed by atoms with Gasteiger partial charge in [0, 0.05) is 36.9 Å². The Bertz CT molecular complexity index is 602. The maximum absolute atomic E-state index is 12.2. The Balaban J connectivity index is 2.01. The Hall–Kier alpha value is -2.07. The molecular weight excluding hydrogens is 276 g/mol. The highest BCUT2D eigenvalue weighted by Crippen LogP contribution is 2.22. The Morgan fingerprint density at radius 2 is 2.15 bits per heavy atom. The molecule has 2 rings (SSSR count).